The molecule has 0 aliphatic rings. The fraction of sp³-hybridized carbons (Fsp3) is 0.278. The molecule has 0 heterocycles. The molecular formula is C18H22O3. The van der Waals surface area contributed by atoms with Gasteiger partial charge in [-0.3, -0.25) is 4.79 Å². The van der Waals surface area contributed by atoms with Gasteiger partial charge in [-0.25, -0.2) is 0 Å². The first-order valence-electron chi connectivity index (χ1n) is 6.82. The second-order valence-electron chi connectivity index (χ2n) is 4.86. The van der Waals surface area contributed by atoms with E-state index in [1.165, 1.54) is 6.92 Å². The first-order valence-corrected chi connectivity index (χ1v) is 6.82. The van der Waals surface area contributed by atoms with Gasteiger partial charge in [-0.05, 0) is 35.6 Å². The van der Waals surface area contributed by atoms with Gasteiger partial charge in [-0.1, -0.05) is 43.0 Å². The van der Waals surface area contributed by atoms with E-state index in [2.05, 4.69) is 13.2 Å². The maximum absolute atomic E-state index is 10.8. The number of rotatable bonds is 7. The molecule has 0 aromatic heterocycles. The van der Waals surface area contributed by atoms with Crippen LogP contribution in [0.1, 0.15) is 25.8 Å². The van der Waals surface area contributed by atoms with Crippen LogP contribution in [0, 0.1) is 0 Å². The summed E-state index contributed by atoms with van der Waals surface area (Å²) in [5.74, 6) is -0.389. The number of carbonyl (C=O) groups excluding carboxylic acids is 1. The second-order valence-corrected chi connectivity index (χ2v) is 4.86. The molecule has 0 aliphatic carbocycles. The number of esters is 1. The molecule has 0 aliphatic heterocycles. The molecule has 0 fully saturated rings. The van der Waals surface area contributed by atoms with Gasteiger partial charge in [0.25, 0.3) is 0 Å². The summed E-state index contributed by atoms with van der Waals surface area (Å²) in [6.07, 6.45) is 1.60. The van der Waals surface area contributed by atoms with Crippen LogP contribution >= 0.6 is 0 Å². The smallest absolute Gasteiger partial charge is 0.302 e. The minimum atomic E-state index is -0.848. The van der Waals surface area contributed by atoms with Crippen LogP contribution < -0.4 is 0 Å². The molecule has 0 bridgehead atoms. The summed E-state index contributed by atoms with van der Waals surface area (Å²) in [4.78, 5) is 10.8. The molecule has 0 saturated carbocycles. The molecular weight excluding hydrogens is 264 g/mol. The predicted octanol–water partition coefficient (Wildman–Crippen LogP) is 3.52. The van der Waals surface area contributed by atoms with Gasteiger partial charge < -0.3 is 9.84 Å². The molecule has 0 saturated heterocycles. The molecule has 0 radical (unpaired) electrons. The third-order valence-electron chi connectivity index (χ3n) is 3.20. The Kier molecular flexibility index (Phi) is 6.63. The highest BCUT2D eigenvalue weighted by molar-refractivity contribution is 5.71. The number of ether oxygens (including phenoxy) is 1. The highest BCUT2D eigenvalue weighted by atomic mass is 16.5. The number of allylic oxidation sites excluding steroid dienone is 2. The first kappa shape index (κ1) is 16.9. The lowest BCUT2D eigenvalue weighted by molar-refractivity contribution is -0.140. The van der Waals surface area contributed by atoms with Gasteiger partial charge in [-0.2, -0.15) is 0 Å². The van der Waals surface area contributed by atoms with Crippen LogP contribution in [0.25, 0.3) is 5.57 Å². The number of hydrogen-bond acceptors (Lipinski definition) is 3. The van der Waals surface area contributed by atoms with Crippen molar-refractivity contribution in [1.29, 1.82) is 0 Å². The molecule has 1 N–H and O–H groups in total. The number of hydrogen-bond donors (Lipinski definition) is 1. The van der Waals surface area contributed by atoms with Crippen molar-refractivity contribution in [1.82, 2.24) is 0 Å². The van der Waals surface area contributed by atoms with Gasteiger partial charge in [0.1, 0.15) is 6.61 Å². The minimum absolute atomic E-state index is 0.0179. The van der Waals surface area contributed by atoms with Crippen molar-refractivity contribution < 1.29 is 14.6 Å². The van der Waals surface area contributed by atoms with Crippen LogP contribution in [0.15, 0.2) is 60.7 Å². The molecule has 0 spiro atoms. The molecule has 1 atom stereocenters. The fourth-order valence-electron chi connectivity index (χ4n) is 2.03. The minimum Gasteiger partial charge on any atom is -0.461 e. The number of benzene rings is 1. The van der Waals surface area contributed by atoms with Gasteiger partial charge in [0.05, 0.1) is 6.10 Å². The summed E-state index contributed by atoms with van der Waals surface area (Å²) >= 11 is 0. The van der Waals surface area contributed by atoms with Crippen LogP contribution in [0.3, 0.4) is 0 Å². The Labute approximate surface area is 126 Å². The Hall–Kier alpha value is -2.13. The molecule has 0 amide bonds. The second kappa shape index (κ2) is 8.22. The van der Waals surface area contributed by atoms with Crippen molar-refractivity contribution >= 4 is 11.5 Å². The highest BCUT2D eigenvalue weighted by Crippen LogP contribution is 2.26. The Morgan fingerprint density at radius 3 is 2.48 bits per heavy atom. The average Bonchev–Trinajstić information content (AvgIpc) is 2.49. The normalized spacial score (nSPS) is 13.1. The van der Waals surface area contributed by atoms with E-state index in [4.69, 9.17) is 4.74 Å². The number of aliphatic hydroxyl groups excluding tert-OH is 1. The van der Waals surface area contributed by atoms with Crippen molar-refractivity contribution in [3.05, 3.63) is 66.3 Å². The summed E-state index contributed by atoms with van der Waals surface area (Å²) in [7, 11) is 0. The lowest BCUT2D eigenvalue weighted by atomic mass is 9.92. The zero-order valence-electron chi connectivity index (χ0n) is 12.6. The Bertz CT molecular complexity index is 541. The third kappa shape index (κ3) is 5.04. The van der Waals surface area contributed by atoms with Crippen molar-refractivity contribution in [2.24, 2.45) is 0 Å². The standard InChI is InChI=1S/C18H22O3/c1-5-9-17(16-10-7-6-8-11-16)14(3)18(20)13(2)12-21-15(4)19/h5-8,10-11,18,20H,1-2,9,12H2,3-4H3/b17-14+. The average molecular weight is 286 g/mol. The Balaban J connectivity index is 3.01. The number of carbonyl (C=O) groups is 1. The lowest BCUT2D eigenvalue weighted by Gasteiger charge is -2.19. The zero-order chi connectivity index (χ0) is 15.8. The first-order chi connectivity index (χ1) is 9.97. The molecule has 1 aromatic rings. The molecule has 112 valence electrons. The largest absolute Gasteiger partial charge is 0.461 e. The molecule has 21 heavy (non-hydrogen) atoms. The van der Waals surface area contributed by atoms with Gasteiger partial charge in [-0.15, -0.1) is 6.58 Å². The molecule has 1 rings (SSSR count). The highest BCUT2D eigenvalue weighted by Gasteiger charge is 2.16. The third-order valence-corrected chi connectivity index (χ3v) is 3.20. The van der Waals surface area contributed by atoms with Gasteiger partial charge in [0.2, 0.25) is 0 Å². The molecule has 1 unspecified atom stereocenters. The van der Waals surface area contributed by atoms with Crippen molar-refractivity contribution in [2.45, 2.75) is 26.4 Å². The quantitative estimate of drug-likeness (QED) is 0.616. The van der Waals surface area contributed by atoms with E-state index >= 15 is 0 Å². The van der Waals surface area contributed by atoms with E-state index in [0.717, 1.165) is 16.7 Å². The van der Waals surface area contributed by atoms with Crippen LogP contribution in [-0.4, -0.2) is 23.8 Å². The predicted molar refractivity (Wildman–Crippen MR) is 85.6 cm³/mol. The maximum Gasteiger partial charge on any atom is 0.302 e. The lowest BCUT2D eigenvalue weighted by Crippen LogP contribution is -2.18. The Morgan fingerprint density at radius 2 is 1.95 bits per heavy atom. The van der Waals surface area contributed by atoms with Crippen molar-refractivity contribution in [3.8, 4) is 0 Å². The fourth-order valence-corrected chi connectivity index (χ4v) is 2.03. The summed E-state index contributed by atoms with van der Waals surface area (Å²) < 4.78 is 4.88. The van der Waals surface area contributed by atoms with E-state index in [1.54, 1.807) is 6.08 Å². The van der Waals surface area contributed by atoms with Crippen LogP contribution in [-0.2, 0) is 9.53 Å². The Morgan fingerprint density at radius 1 is 1.33 bits per heavy atom. The van der Waals surface area contributed by atoms with E-state index < -0.39 is 6.10 Å². The van der Waals surface area contributed by atoms with E-state index in [9.17, 15) is 9.90 Å². The SMILES string of the molecule is C=CC/C(=C(/C)C(O)C(=C)COC(C)=O)c1ccccc1. The maximum atomic E-state index is 10.8. The summed E-state index contributed by atoms with van der Waals surface area (Å²) in [5.41, 5.74) is 3.29. The van der Waals surface area contributed by atoms with Gasteiger partial charge >= 0.3 is 5.97 Å². The van der Waals surface area contributed by atoms with E-state index in [1.807, 2.05) is 37.3 Å². The van der Waals surface area contributed by atoms with E-state index in [-0.39, 0.29) is 12.6 Å². The van der Waals surface area contributed by atoms with Crippen molar-refractivity contribution in [2.75, 3.05) is 6.61 Å². The van der Waals surface area contributed by atoms with Crippen molar-refractivity contribution in [3.63, 3.8) is 0 Å². The van der Waals surface area contributed by atoms with Gasteiger partial charge in [0, 0.05) is 6.92 Å². The summed E-state index contributed by atoms with van der Waals surface area (Å²) in [5, 5.41) is 10.4. The molecule has 3 nitrogen and oxygen atoms in total. The molecule has 1 aromatic carbocycles. The van der Waals surface area contributed by atoms with E-state index in [0.29, 0.717) is 12.0 Å². The van der Waals surface area contributed by atoms with Crippen LogP contribution in [0.2, 0.25) is 0 Å². The summed E-state index contributed by atoms with van der Waals surface area (Å²) in [6.45, 7) is 10.8. The van der Waals surface area contributed by atoms with Gasteiger partial charge in [0.15, 0.2) is 0 Å². The van der Waals surface area contributed by atoms with Crippen LogP contribution in [0.4, 0.5) is 0 Å². The molecule has 3 heteroatoms. The number of aliphatic hydroxyl groups is 1. The monoisotopic (exact) mass is 286 g/mol. The zero-order valence-corrected chi connectivity index (χ0v) is 12.6. The summed E-state index contributed by atoms with van der Waals surface area (Å²) in [6, 6.07) is 9.83. The van der Waals surface area contributed by atoms with Crippen LogP contribution in [0.5, 0.6) is 0 Å². The topological polar surface area (TPSA) is 46.5 Å².